The summed E-state index contributed by atoms with van der Waals surface area (Å²) >= 11 is 5.26. The van der Waals surface area contributed by atoms with Gasteiger partial charge in [0.15, 0.2) is 11.5 Å². The number of thiophene rings is 1. The van der Waals surface area contributed by atoms with Crippen LogP contribution in [0.3, 0.4) is 0 Å². The molecule has 2 heterocycles. The molecule has 5 heteroatoms. The average molecular weight is 354 g/mol. The molecular weight excluding hydrogens is 338 g/mol. The predicted molar refractivity (Wildman–Crippen MR) is 84.5 cm³/mol. The summed E-state index contributed by atoms with van der Waals surface area (Å²) in [7, 11) is 0. The van der Waals surface area contributed by atoms with E-state index in [-0.39, 0.29) is 6.04 Å². The normalized spacial score (nSPS) is 16.1. The topological polar surface area (TPSA) is 30.5 Å². The molecule has 2 aromatic rings. The lowest BCUT2D eigenvalue weighted by Gasteiger charge is -2.19. The van der Waals surface area contributed by atoms with E-state index in [0.717, 1.165) is 16.0 Å². The van der Waals surface area contributed by atoms with Gasteiger partial charge in [-0.3, -0.25) is 0 Å². The quantitative estimate of drug-likeness (QED) is 0.867. The molecule has 1 aliphatic heterocycles. The zero-order valence-corrected chi connectivity index (χ0v) is 13.8. The van der Waals surface area contributed by atoms with Crippen molar-refractivity contribution in [1.82, 2.24) is 5.32 Å². The van der Waals surface area contributed by atoms with Crippen LogP contribution in [-0.4, -0.2) is 6.79 Å². The minimum Gasteiger partial charge on any atom is -0.454 e. The van der Waals surface area contributed by atoms with E-state index in [0.29, 0.717) is 12.8 Å². The van der Waals surface area contributed by atoms with E-state index in [9.17, 15) is 0 Å². The zero-order valence-electron chi connectivity index (χ0n) is 11.4. The number of hydrogen-bond acceptors (Lipinski definition) is 4. The number of benzene rings is 1. The average Bonchev–Trinajstić information content (AvgIpc) is 3.05. The number of nitrogens with one attached hydrogen (secondary N) is 1. The van der Waals surface area contributed by atoms with Crippen molar-refractivity contribution in [3.05, 3.63) is 44.6 Å². The minimum atomic E-state index is 0.250. The first kappa shape index (κ1) is 13.9. The summed E-state index contributed by atoms with van der Waals surface area (Å²) in [6, 6.07) is 8.84. The molecule has 3 nitrogen and oxygen atoms in total. The number of ether oxygens (including phenoxy) is 2. The first-order valence-electron chi connectivity index (χ1n) is 6.53. The Balaban J connectivity index is 1.71. The third kappa shape index (κ3) is 2.85. The fraction of sp³-hybridized carbons (Fsp3) is 0.333. The van der Waals surface area contributed by atoms with Crippen molar-refractivity contribution in [3.8, 4) is 11.5 Å². The van der Waals surface area contributed by atoms with Gasteiger partial charge in [-0.05, 0) is 53.5 Å². The summed E-state index contributed by atoms with van der Waals surface area (Å²) in [6.07, 6.45) is 0. The molecule has 1 aromatic heterocycles. The number of hydrogen-bond donors (Lipinski definition) is 1. The molecular formula is C15H16BrNO2S. The molecule has 2 atom stereocenters. The van der Waals surface area contributed by atoms with Gasteiger partial charge in [0.1, 0.15) is 0 Å². The van der Waals surface area contributed by atoms with Gasteiger partial charge in [-0.15, -0.1) is 11.3 Å². The fourth-order valence-electron chi connectivity index (χ4n) is 2.29. The van der Waals surface area contributed by atoms with E-state index in [2.05, 4.69) is 58.7 Å². The first-order chi connectivity index (χ1) is 9.63. The molecule has 0 amide bonds. The third-order valence-corrected chi connectivity index (χ3v) is 5.29. The zero-order chi connectivity index (χ0) is 14.1. The van der Waals surface area contributed by atoms with Gasteiger partial charge in [0.2, 0.25) is 6.79 Å². The van der Waals surface area contributed by atoms with Crippen LogP contribution in [0.5, 0.6) is 11.5 Å². The maximum atomic E-state index is 5.43. The second-order valence-electron chi connectivity index (χ2n) is 4.89. The molecule has 1 aromatic carbocycles. The van der Waals surface area contributed by atoms with E-state index >= 15 is 0 Å². The van der Waals surface area contributed by atoms with E-state index in [1.165, 1.54) is 10.4 Å². The Bertz CT molecular complexity index is 614. The van der Waals surface area contributed by atoms with Gasteiger partial charge in [0.25, 0.3) is 0 Å². The van der Waals surface area contributed by atoms with Gasteiger partial charge < -0.3 is 14.8 Å². The van der Waals surface area contributed by atoms with Gasteiger partial charge in [-0.1, -0.05) is 6.07 Å². The van der Waals surface area contributed by atoms with E-state index < -0.39 is 0 Å². The smallest absolute Gasteiger partial charge is 0.231 e. The SMILES string of the molecule is CC(NC(C)c1cc(Br)cs1)c1ccc2c(c1)OCO2. The van der Waals surface area contributed by atoms with Crippen LogP contribution in [0.15, 0.2) is 34.1 Å². The lowest BCUT2D eigenvalue weighted by Crippen LogP contribution is -2.21. The van der Waals surface area contributed by atoms with Gasteiger partial charge in [-0.2, -0.15) is 0 Å². The number of rotatable bonds is 4. The minimum absolute atomic E-state index is 0.250. The summed E-state index contributed by atoms with van der Waals surface area (Å²) in [5, 5.41) is 5.72. The Kier molecular flexibility index (Phi) is 4.01. The molecule has 0 saturated carbocycles. The Hall–Kier alpha value is -1.04. The predicted octanol–water partition coefficient (Wildman–Crippen LogP) is 4.65. The van der Waals surface area contributed by atoms with Gasteiger partial charge in [-0.25, -0.2) is 0 Å². The number of halogens is 1. The largest absolute Gasteiger partial charge is 0.454 e. The lowest BCUT2D eigenvalue weighted by atomic mass is 10.1. The van der Waals surface area contributed by atoms with Crippen molar-refractivity contribution in [3.63, 3.8) is 0 Å². The molecule has 0 bridgehead atoms. The van der Waals surface area contributed by atoms with Crippen molar-refractivity contribution >= 4 is 27.3 Å². The van der Waals surface area contributed by atoms with Gasteiger partial charge >= 0.3 is 0 Å². The standard InChI is InChI=1S/C15H16BrNO2S/c1-9(17-10(2)15-6-12(16)7-20-15)11-3-4-13-14(5-11)19-8-18-13/h3-7,9-10,17H,8H2,1-2H3. The van der Waals surface area contributed by atoms with Crippen molar-refractivity contribution in [2.75, 3.05) is 6.79 Å². The Labute approximate surface area is 131 Å². The maximum absolute atomic E-state index is 5.43. The highest BCUT2D eigenvalue weighted by Gasteiger charge is 2.17. The van der Waals surface area contributed by atoms with Crippen molar-refractivity contribution in [2.24, 2.45) is 0 Å². The fourth-order valence-corrected chi connectivity index (χ4v) is 3.75. The molecule has 0 radical (unpaired) electrons. The Morgan fingerprint density at radius 3 is 2.70 bits per heavy atom. The van der Waals surface area contributed by atoms with Crippen LogP contribution in [0, 0.1) is 0 Å². The summed E-state index contributed by atoms with van der Waals surface area (Å²) < 4.78 is 11.9. The van der Waals surface area contributed by atoms with Crippen LogP contribution in [0.2, 0.25) is 0 Å². The highest BCUT2D eigenvalue weighted by Crippen LogP contribution is 2.35. The van der Waals surface area contributed by atoms with Gasteiger partial charge in [0, 0.05) is 26.8 Å². The molecule has 0 fully saturated rings. The monoisotopic (exact) mass is 353 g/mol. The molecule has 0 saturated heterocycles. The third-order valence-electron chi connectivity index (χ3n) is 3.41. The van der Waals surface area contributed by atoms with E-state index in [1.54, 1.807) is 11.3 Å². The van der Waals surface area contributed by atoms with Gasteiger partial charge in [0.05, 0.1) is 0 Å². The first-order valence-corrected chi connectivity index (χ1v) is 8.20. The Morgan fingerprint density at radius 2 is 1.95 bits per heavy atom. The van der Waals surface area contributed by atoms with Crippen molar-refractivity contribution in [1.29, 1.82) is 0 Å². The van der Waals surface area contributed by atoms with Crippen molar-refractivity contribution < 1.29 is 9.47 Å². The van der Waals surface area contributed by atoms with E-state index in [1.807, 2.05) is 6.07 Å². The molecule has 20 heavy (non-hydrogen) atoms. The Morgan fingerprint density at radius 1 is 1.15 bits per heavy atom. The molecule has 3 rings (SSSR count). The summed E-state index contributed by atoms with van der Waals surface area (Å²) in [5.74, 6) is 1.67. The molecule has 2 unspecified atom stereocenters. The van der Waals surface area contributed by atoms with Crippen LogP contribution in [0.1, 0.15) is 36.4 Å². The van der Waals surface area contributed by atoms with Crippen LogP contribution in [0.4, 0.5) is 0 Å². The number of fused-ring (bicyclic) bond motifs is 1. The maximum Gasteiger partial charge on any atom is 0.231 e. The summed E-state index contributed by atoms with van der Waals surface area (Å²) in [6.45, 7) is 4.67. The lowest BCUT2D eigenvalue weighted by molar-refractivity contribution is 0.174. The molecule has 1 N–H and O–H groups in total. The highest BCUT2D eigenvalue weighted by molar-refractivity contribution is 9.10. The molecule has 0 spiro atoms. The summed E-state index contributed by atoms with van der Waals surface area (Å²) in [5.41, 5.74) is 1.21. The second kappa shape index (κ2) is 5.76. The molecule has 1 aliphatic rings. The highest BCUT2D eigenvalue weighted by atomic mass is 79.9. The van der Waals surface area contributed by atoms with Crippen LogP contribution >= 0.6 is 27.3 Å². The second-order valence-corrected chi connectivity index (χ2v) is 6.75. The molecule has 0 aliphatic carbocycles. The van der Waals surface area contributed by atoms with Crippen LogP contribution in [-0.2, 0) is 0 Å². The van der Waals surface area contributed by atoms with Crippen LogP contribution < -0.4 is 14.8 Å². The van der Waals surface area contributed by atoms with E-state index in [4.69, 9.17) is 9.47 Å². The van der Waals surface area contributed by atoms with Crippen LogP contribution in [0.25, 0.3) is 0 Å². The molecule has 106 valence electrons. The van der Waals surface area contributed by atoms with Crippen molar-refractivity contribution in [2.45, 2.75) is 25.9 Å². The summed E-state index contributed by atoms with van der Waals surface area (Å²) in [4.78, 5) is 1.32.